The second kappa shape index (κ2) is 4.03. The smallest absolute Gasteiger partial charge is 0.241 e. The Kier molecular flexibility index (Phi) is 2.73. The van der Waals surface area contributed by atoms with E-state index in [2.05, 4.69) is 23.6 Å². The summed E-state index contributed by atoms with van der Waals surface area (Å²) in [6.07, 6.45) is 0. The number of hydrogen-bond donors (Lipinski definition) is 2. The maximum Gasteiger partial charge on any atom is 0.241 e. The topological polar surface area (TPSA) is 41.1 Å². The van der Waals surface area contributed by atoms with Gasteiger partial charge in [0, 0.05) is 12.6 Å². The number of piperazine rings is 1. The number of carbonyl (C=O) groups excluding carboxylic acids is 1. The molecule has 0 saturated carbocycles. The Morgan fingerprint density at radius 1 is 1.40 bits per heavy atom. The highest BCUT2D eigenvalue weighted by Gasteiger charge is 2.26. The van der Waals surface area contributed by atoms with Gasteiger partial charge in [0.1, 0.15) is 6.04 Å². The monoisotopic (exact) mass is 204 g/mol. The van der Waals surface area contributed by atoms with Crippen molar-refractivity contribution in [1.29, 1.82) is 0 Å². The van der Waals surface area contributed by atoms with Crippen LogP contribution in [0.25, 0.3) is 0 Å². The maximum atomic E-state index is 11.7. The molecule has 2 atom stereocenters. The van der Waals surface area contributed by atoms with Crippen molar-refractivity contribution >= 4 is 5.91 Å². The Bertz CT molecular complexity index is 376. The van der Waals surface area contributed by atoms with Crippen LogP contribution < -0.4 is 10.6 Å². The molecule has 1 heterocycles. The normalized spacial score (nSPS) is 26.1. The van der Waals surface area contributed by atoms with Crippen molar-refractivity contribution in [3.05, 3.63) is 35.4 Å². The van der Waals surface area contributed by atoms with Crippen LogP contribution in [0, 0.1) is 6.92 Å². The van der Waals surface area contributed by atoms with Gasteiger partial charge in [-0.3, -0.25) is 10.1 Å². The first-order valence-corrected chi connectivity index (χ1v) is 5.27. The molecule has 3 heteroatoms. The lowest BCUT2D eigenvalue weighted by Crippen LogP contribution is -2.52. The summed E-state index contributed by atoms with van der Waals surface area (Å²) < 4.78 is 0. The summed E-state index contributed by atoms with van der Waals surface area (Å²) in [7, 11) is 0. The van der Waals surface area contributed by atoms with Crippen LogP contribution >= 0.6 is 0 Å². The number of aryl methyl sites for hydroxylation is 1. The highest BCUT2D eigenvalue weighted by Crippen LogP contribution is 2.17. The van der Waals surface area contributed by atoms with E-state index in [-0.39, 0.29) is 11.9 Å². The highest BCUT2D eigenvalue weighted by atomic mass is 16.2. The molecule has 2 unspecified atom stereocenters. The third-order valence-electron chi connectivity index (χ3n) is 2.67. The zero-order chi connectivity index (χ0) is 10.8. The van der Waals surface area contributed by atoms with Gasteiger partial charge >= 0.3 is 0 Å². The molecule has 3 nitrogen and oxygen atoms in total. The lowest BCUT2D eigenvalue weighted by Gasteiger charge is -2.29. The lowest BCUT2D eigenvalue weighted by molar-refractivity contribution is -0.125. The summed E-state index contributed by atoms with van der Waals surface area (Å²) in [5.74, 6) is 0.0682. The van der Waals surface area contributed by atoms with Gasteiger partial charge in [0.2, 0.25) is 5.91 Å². The molecular weight excluding hydrogens is 188 g/mol. The number of benzene rings is 1. The van der Waals surface area contributed by atoms with Crippen LogP contribution in [0.2, 0.25) is 0 Å². The first-order valence-electron chi connectivity index (χ1n) is 5.27. The third-order valence-corrected chi connectivity index (χ3v) is 2.67. The average Bonchev–Trinajstić information content (AvgIpc) is 2.22. The summed E-state index contributed by atoms with van der Waals surface area (Å²) in [4.78, 5) is 11.7. The van der Waals surface area contributed by atoms with Crippen LogP contribution in [0.4, 0.5) is 0 Å². The molecule has 0 bridgehead atoms. The van der Waals surface area contributed by atoms with Crippen LogP contribution in [0.1, 0.15) is 24.1 Å². The van der Waals surface area contributed by atoms with Gasteiger partial charge in [0.05, 0.1) is 0 Å². The van der Waals surface area contributed by atoms with Crippen LogP contribution in [0.5, 0.6) is 0 Å². The van der Waals surface area contributed by atoms with Gasteiger partial charge in [0.25, 0.3) is 0 Å². The molecule has 1 aromatic carbocycles. The highest BCUT2D eigenvalue weighted by molar-refractivity contribution is 5.84. The summed E-state index contributed by atoms with van der Waals surface area (Å²) in [6.45, 7) is 4.82. The van der Waals surface area contributed by atoms with Crippen molar-refractivity contribution in [2.45, 2.75) is 25.9 Å². The Morgan fingerprint density at radius 2 is 2.20 bits per heavy atom. The molecule has 0 aliphatic carbocycles. The Labute approximate surface area is 89.9 Å². The van der Waals surface area contributed by atoms with Crippen molar-refractivity contribution in [3.8, 4) is 0 Å². The predicted octanol–water partition coefficient (Wildman–Crippen LogP) is 1.14. The van der Waals surface area contributed by atoms with Gasteiger partial charge in [-0.05, 0) is 19.4 Å². The molecule has 1 aromatic rings. The van der Waals surface area contributed by atoms with E-state index >= 15 is 0 Å². The molecule has 0 radical (unpaired) electrons. The van der Waals surface area contributed by atoms with E-state index in [1.807, 2.05) is 25.1 Å². The first kappa shape index (κ1) is 10.2. The fourth-order valence-electron chi connectivity index (χ4n) is 1.87. The molecule has 2 N–H and O–H groups in total. The number of amides is 1. The molecule has 1 aliphatic rings. The number of rotatable bonds is 1. The zero-order valence-electron chi connectivity index (χ0n) is 9.08. The standard InChI is InChI=1S/C12H16N2O/c1-8-4-3-5-10(6-8)11-12(15)13-7-9(2)14-11/h3-6,9,11,14H,7H2,1-2H3,(H,13,15). The second-order valence-electron chi connectivity index (χ2n) is 4.16. The molecule has 2 rings (SSSR count). The van der Waals surface area contributed by atoms with E-state index in [0.29, 0.717) is 12.6 Å². The molecule has 0 aromatic heterocycles. The average molecular weight is 204 g/mol. The minimum absolute atomic E-state index is 0.0682. The minimum Gasteiger partial charge on any atom is -0.353 e. The van der Waals surface area contributed by atoms with Crippen LogP contribution in [0.3, 0.4) is 0 Å². The van der Waals surface area contributed by atoms with Gasteiger partial charge in [-0.1, -0.05) is 29.8 Å². The molecule has 15 heavy (non-hydrogen) atoms. The Balaban J connectivity index is 2.25. The van der Waals surface area contributed by atoms with Gasteiger partial charge in [-0.25, -0.2) is 0 Å². The van der Waals surface area contributed by atoms with Crippen molar-refractivity contribution < 1.29 is 4.79 Å². The van der Waals surface area contributed by atoms with Crippen LogP contribution in [-0.4, -0.2) is 18.5 Å². The van der Waals surface area contributed by atoms with E-state index < -0.39 is 0 Å². The number of carbonyl (C=O) groups is 1. The van der Waals surface area contributed by atoms with Gasteiger partial charge < -0.3 is 5.32 Å². The van der Waals surface area contributed by atoms with Gasteiger partial charge in [-0.15, -0.1) is 0 Å². The summed E-state index contributed by atoms with van der Waals surface area (Å²) >= 11 is 0. The summed E-state index contributed by atoms with van der Waals surface area (Å²) in [5.41, 5.74) is 2.22. The van der Waals surface area contributed by atoms with E-state index in [4.69, 9.17) is 0 Å². The van der Waals surface area contributed by atoms with Crippen molar-refractivity contribution in [2.75, 3.05) is 6.54 Å². The SMILES string of the molecule is Cc1cccc(C2NC(C)CNC2=O)c1. The summed E-state index contributed by atoms with van der Waals surface area (Å²) in [5, 5.41) is 6.20. The van der Waals surface area contributed by atoms with E-state index in [9.17, 15) is 4.79 Å². The molecule has 80 valence electrons. The van der Waals surface area contributed by atoms with E-state index in [1.54, 1.807) is 0 Å². The second-order valence-corrected chi connectivity index (χ2v) is 4.16. The molecule has 1 aliphatic heterocycles. The van der Waals surface area contributed by atoms with E-state index in [0.717, 1.165) is 5.56 Å². The third kappa shape index (κ3) is 2.18. The zero-order valence-corrected chi connectivity index (χ0v) is 9.08. The Morgan fingerprint density at radius 3 is 2.93 bits per heavy atom. The van der Waals surface area contributed by atoms with Crippen molar-refractivity contribution in [1.82, 2.24) is 10.6 Å². The van der Waals surface area contributed by atoms with Gasteiger partial charge in [0.15, 0.2) is 0 Å². The van der Waals surface area contributed by atoms with Crippen molar-refractivity contribution in [3.63, 3.8) is 0 Å². The molecule has 1 amide bonds. The molecular formula is C12H16N2O. The molecule has 0 spiro atoms. The molecule has 1 fully saturated rings. The Hall–Kier alpha value is -1.35. The fraction of sp³-hybridized carbons (Fsp3) is 0.417. The first-order chi connectivity index (χ1) is 7.16. The summed E-state index contributed by atoms with van der Waals surface area (Å²) in [6, 6.07) is 8.19. The predicted molar refractivity (Wildman–Crippen MR) is 59.5 cm³/mol. The number of nitrogens with one attached hydrogen (secondary N) is 2. The minimum atomic E-state index is -0.200. The lowest BCUT2D eigenvalue weighted by atomic mass is 10.0. The van der Waals surface area contributed by atoms with Crippen LogP contribution in [-0.2, 0) is 4.79 Å². The fourth-order valence-corrected chi connectivity index (χ4v) is 1.87. The van der Waals surface area contributed by atoms with Gasteiger partial charge in [-0.2, -0.15) is 0 Å². The molecule has 1 saturated heterocycles. The largest absolute Gasteiger partial charge is 0.353 e. The maximum absolute atomic E-state index is 11.7. The van der Waals surface area contributed by atoms with Crippen molar-refractivity contribution in [2.24, 2.45) is 0 Å². The van der Waals surface area contributed by atoms with Crippen LogP contribution in [0.15, 0.2) is 24.3 Å². The quantitative estimate of drug-likeness (QED) is 0.720. The number of hydrogen-bond acceptors (Lipinski definition) is 2. The van der Waals surface area contributed by atoms with E-state index in [1.165, 1.54) is 5.56 Å².